The van der Waals surface area contributed by atoms with Crippen molar-refractivity contribution < 1.29 is 9.59 Å². The lowest BCUT2D eigenvalue weighted by atomic mass is 10.1. The maximum atomic E-state index is 12.7. The van der Waals surface area contributed by atoms with Crippen LogP contribution in [-0.4, -0.2) is 41.6 Å². The molecule has 0 radical (unpaired) electrons. The maximum absolute atomic E-state index is 12.7. The molecule has 0 saturated heterocycles. The molecule has 0 aliphatic rings. The number of carbonyl (C=O) groups is 2. The summed E-state index contributed by atoms with van der Waals surface area (Å²) < 4.78 is 0. The average Bonchev–Trinajstić information content (AvgIpc) is 2.75. The van der Waals surface area contributed by atoms with Crippen LogP contribution in [0.5, 0.6) is 0 Å². The highest BCUT2D eigenvalue weighted by Crippen LogP contribution is 2.19. The highest BCUT2D eigenvalue weighted by atomic mass is 35.5. The Morgan fingerprint density at radius 3 is 2.20 bits per heavy atom. The summed E-state index contributed by atoms with van der Waals surface area (Å²) in [6.07, 6.45) is 1.44. The van der Waals surface area contributed by atoms with Gasteiger partial charge in [-0.1, -0.05) is 35.9 Å². The first-order valence-electron chi connectivity index (χ1n) is 9.05. The van der Waals surface area contributed by atoms with E-state index in [4.69, 9.17) is 17.0 Å². The molecular formula is C22H20ClN5O2. The van der Waals surface area contributed by atoms with Gasteiger partial charge in [-0.15, -0.1) is 0 Å². The van der Waals surface area contributed by atoms with Gasteiger partial charge in [0, 0.05) is 31.4 Å². The van der Waals surface area contributed by atoms with Crippen molar-refractivity contribution in [3.63, 3.8) is 0 Å². The van der Waals surface area contributed by atoms with Crippen LogP contribution in [0.3, 0.4) is 0 Å². The van der Waals surface area contributed by atoms with Crippen LogP contribution in [0.1, 0.15) is 26.3 Å². The zero-order chi connectivity index (χ0) is 21.7. The van der Waals surface area contributed by atoms with Crippen LogP contribution in [0.15, 0.2) is 66.9 Å². The minimum absolute atomic E-state index is 0.300. The Morgan fingerprint density at radius 1 is 0.900 bits per heavy atom. The van der Waals surface area contributed by atoms with E-state index in [0.717, 1.165) is 0 Å². The molecule has 0 atom stereocenters. The van der Waals surface area contributed by atoms with E-state index in [1.807, 2.05) is 0 Å². The van der Waals surface area contributed by atoms with Gasteiger partial charge >= 0.3 is 0 Å². The third-order valence-corrected chi connectivity index (χ3v) is 4.48. The smallest absolute Gasteiger partial charge is 0.258 e. The van der Waals surface area contributed by atoms with E-state index in [1.165, 1.54) is 6.20 Å². The molecule has 1 heterocycles. The minimum Gasteiger partial charge on any atom is -0.363 e. The normalized spacial score (nSPS) is 10.2. The quantitative estimate of drug-likeness (QED) is 0.426. The van der Waals surface area contributed by atoms with Crippen LogP contribution in [0.2, 0.25) is 5.02 Å². The molecule has 0 aliphatic heterocycles. The van der Waals surface area contributed by atoms with Crippen LogP contribution in [0.4, 0.5) is 11.5 Å². The van der Waals surface area contributed by atoms with Crippen molar-refractivity contribution in [2.75, 3.05) is 24.7 Å². The molecule has 0 spiro atoms. The Bertz CT molecular complexity index is 1080. The lowest BCUT2D eigenvalue weighted by Crippen LogP contribution is -2.22. The molecule has 3 aromatic rings. The van der Waals surface area contributed by atoms with Crippen LogP contribution < -0.4 is 10.6 Å². The summed E-state index contributed by atoms with van der Waals surface area (Å²) in [6.45, 7) is 0. The number of rotatable bonds is 5. The standard InChI is InChI=1S/C22H20ClN5O2/c1-28(2)20(24)14-7-9-15(10-8-14)21(29)26-18-6-4-3-5-17(18)22(30)27-19-12-11-16(23)13-25-19/h3-13,24H,1-2H3,(H,26,29)(H,25,27,30). The number of amidine groups is 1. The third kappa shape index (κ3) is 5.01. The number of para-hydroxylation sites is 1. The average molecular weight is 422 g/mol. The van der Waals surface area contributed by atoms with Crippen LogP contribution >= 0.6 is 11.6 Å². The van der Waals surface area contributed by atoms with E-state index >= 15 is 0 Å². The molecule has 8 heteroatoms. The van der Waals surface area contributed by atoms with Gasteiger partial charge in [0.15, 0.2) is 0 Å². The Kier molecular flexibility index (Phi) is 6.44. The van der Waals surface area contributed by atoms with Crippen molar-refractivity contribution >= 4 is 40.8 Å². The van der Waals surface area contributed by atoms with Crippen molar-refractivity contribution in [1.29, 1.82) is 5.41 Å². The zero-order valence-corrected chi connectivity index (χ0v) is 17.2. The van der Waals surface area contributed by atoms with Crippen molar-refractivity contribution in [2.24, 2.45) is 0 Å². The van der Waals surface area contributed by atoms with E-state index in [-0.39, 0.29) is 5.91 Å². The van der Waals surface area contributed by atoms with Gasteiger partial charge in [-0.25, -0.2) is 4.98 Å². The number of nitrogens with zero attached hydrogens (tertiary/aromatic N) is 2. The lowest BCUT2D eigenvalue weighted by Gasteiger charge is -2.14. The molecular weight excluding hydrogens is 402 g/mol. The first-order chi connectivity index (χ1) is 14.3. The second-order valence-electron chi connectivity index (χ2n) is 6.64. The van der Waals surface area contributed by atoms with Gasteiger partial charge in [0.2, 0.25) is 0 Å². The number of aromatic nitrogens is 1. The molecule has 152 valence electrons. The number of hydrogen-bond donors (Lipinski definition) is 3. The number of carbonyl (C=O) groups excluding carboxylic acids is 2. The fourth-order valence-electron chi connectivity index (χ4n) is 2.66. The molecule has 2 amide bonds. The van der Waals surface area contributed by atoms with Gasteiger partial charge in [-0.2, -0.15) is 0 Å². The highest BCUT2D eigenvalue weighted by Gasteiger charge is 2.15. The summed E-state index contributed by atoms with van der Waals surface area (Å²) in [5.74, 6) is -0.0671. The van der Waals surface area contributed by atoms with Gasteiger partial charge in [0.25, 0.3) is 11.8 Å². The molecule has 2 aromatic carbocycles. The van der Waals surface area contributed by atoms with E-state index in [9.17, 15) is 9.59 Å². The molecule has 30 heavy (non-hydrogen) atoms. The molecule has 1 aromatic heterocycles. The zero-order valence-electron chi connectivity index (χ0n) is 16.4. The first-order valence-corrected chi connectivity index (χ1v) is 9.42. The monoisotopic (exact) mass is 421 g/mol. The predicted octanol–water partition coefficient (Wildman–Crippen LogP) is 4.13. The third-order valence-electron chi connectivity index (χ3n) is 4.26. The van der Waals surface area contributed by atoms with Gasteiger partial charge in [-0.3, -0.25) is 15.0 Å². The summed E-state index contributed by atoms with van der Waals surface area (Å²) in [4.78, 5) is 31.0. The van der Waals surface area contributed by atoms with Crippen molar-refractivity contribution in [3.05, 3.63) is 88.6 Å². The summed E-state index contributed by atoms with van der Waals surface area (Å²) in [5, 5.41) is 13.9. The maximum Gasteiger partial charge on any atom is 0.258 e. The molecule has 0 unspecified atom stereocenters. The molecule has 0 fully saturated rings. The number of halogens is 1. The molecule has 3 N–H and O–H groups in total. The Labute approximate surface area is 179 Å². The second-order valence-corrected chi connectivity index (χ2v) is 7.07. The summed E-state index contributed by atoms with van der Waals surface area (Å²) >= 11 is 5.81. The minimum atomic E-state index is -0.407. The van der Waals surface area contributed by atoms with Gasteiger partial charge in [0.1, 0.15) is 11.7 Å². The number of amides is 2. The Morgan fingerprint density at radius 2 is 1.57 bits per heavy atom. The molecule has 0 aliphatic carbocycles. The fourth-order valence-corrected chi connectivity index (χ4v) is 2.77. The largest absolute Gasteiger partial charge is 0.363 e. The highest BCUT2D eigenvalue weighted by molar-refractivity contribution is 6.30. The fraction of sp³-hybridized carbons (Fsp3) is 0.0909. The van der Waals surface area contributed by atoms with Crippen LogP contribution in [-0.2, 0) is 0 Å². The first kappa shape index (κ1) is 21.0. The number of anilines is 2. The Hall–Kier alpha value is -3.71. The van der Waals surface area contributed by atoms with Gasteiger partial charge in [-0.05, 0) is 36.4 Å². The van der Waals surface area contributed by atoms with Crippen molar-refractivity contribution in [1.82, 2.24) is 9.88 Å². The topological polar surface area (TPSA) is 98.2 Å². The van der Waals surface area contributed by atoms with E-state index < -0.39 is 5.91 Å². The number of hydrogen-bond acceptors (Lipinski definition) is 4. The molecule has 0 bridgehead atoms. The number of nitrogens with one attached hydrogen (secondary N) is 3. The number of pyridine rings is 1. The van der Waals surface area contributed by atoms with E-state index in [0.29, 0.717) is 39.1 Å². The lowest BCUT2D eigenvalue weighted by molar-refractivity contribution is 0.102. The Balaban J connectivity index is 1.75. The summed E-state index contributed by atoms with van der Waals surface area (Å²) in [7, 11) is 3.56. The molecule has 7 nitrogen and oxygen atoms in total. The SMILES string of the molecule is CN(C)C(=N)c1ccc(C(=O)Nc2ccccc2C(=O)Nc2ccc(Cl)cn2)cc1. The second kappa shape index (κ2) is 9.19. The summed E-state index contributed by atoms with van der Waals surface area (Å²) in [6, 6.07) is 16.6. The van der Waals surface area contributed by atoms with Crippen molar-refractivity contribution in [2.45, 2.75) is 0 Å². The van der Waals surface area contributed by atoms with Crippen LogP contribution in [0.25, 0.3) is 0 Å². The van der Waals surface area contributed by atoms with E-state index in [2.05, 4.69) is 15.6 Å². The molecule has 0 saturated carbocycles. The van der Waals surface area contributed by atoms with Crippen LogP contribution in [0, 0.1) is 5.41 Å². The van der Waals surface area contributed by atoms with E-state index in [1.54, 1.807) is 79.7 Å². The predicted molar refractivity (Wildman–Crippen MR) is 119 cm³/mol. The summed E-state index contributed by atoms with van der Waals surface area (Å²) in [5.41, 5.74) is 1.79. The number of benzene rings is 2. The van der Waals surface area contributed by atoms with Gasteiger partial charge in [0.05, 0.1) is 16.3 Å². The molecule has 3 rings (SSSR count). The van der Waals surface area contributed by atoms with Crippen molar-refractivity contribution in [3.8, 4) is 0 Å². The van der Waals surface area contributed by atoms with Gasteiger partial charge < -0.3 is 15.5 Å².